The zero-order chi connectivity index (χ0) is 19.1. The monoisotopic (exact) mass is 367 g/mol. The second-order valence-corrected chi connectivity index (χ2v) is 6.60. The maximum atomic E-state index is 12.9. The van der Waals surface area contributed by atoms with Crippen LogP contribution in [0.2, 0.25) is 0 Å². The molecule has 0 bridgehead atoms. The van der Waals surface area contributed by atoms with Crippen molar-refractivity contribution in [3.63, 3.8) is 0 Å². The first kappa shape index (κ1) is 18.8. The quantitative estimate of drug-likeness (QED) is 0.818. The third-order valence-electron chi connectivity index (χ3n) is 4.81. The molecule has 27 heavy (non-hydrogen) atoms. The van der Waals surface area contributed by atoms with Crippen LogP contribution in [0, 0.1) is 0 Å². The molecule has 0 saturated carbocycles. The van der Waals surface area contributed by atoms with E-state index in [1.165, 1.54) is 0 Å². The smallest absolute Gasteiger partial charge is 0.257 e. The predicted octanol–water partition coefficient (Wildman–Crippen LogP) is 2.33. The van der Waals surface area contributed by atoms with E-state index in [9.17, 15) is 9.59 Å². The van der Waals surface area contributed by atoms with Gasteiger partial charge >= 0.3 is 0 Å². The zero-order valence-corrected chi connectivity index (χ0v) is 15.5. The molecular formula is C20H25N5O2. The molecule has 0 radical (unpaired) electrons. The molecule has 2 N–H and O–H groups in total. The van der Waals surface area contributed by atoms with Crippen molar-refractivity contribution in [2.24, 2.45) is 0 Å². The van der Waals surface area contributed by atoms with Crippen LogP contribution in [0.15, 0.2) is 42.7 Å². The number of anilines is 1. The maximum Gasteiger partial charge on any atom is 0.257 e. The average Bonchev–Trinajstić information content (AvgIpc) is 2.74. The fourth-order valence-electron chi connectivity index (χ4n) is 3.35. The van der Waals surface area contributed by atoms with E-state index in [0.29, 0.717) is 23.6 Å². The molecule has 0 aliphatic carbocycles. The molecule has 7 nitrogen and oxygen atoms in total. The molecule has 2 amide bonds. The summed E-state index contributed by atoms with van der Waals surface area (Å²) >= 11 is 0. The fraction of sp³-hybridized carbons (Fsp3) is 0.400. The molecule has 1 atom stereocenters. The number of aromatic nitrogens is 2. The number of hydrogen-bond donors (Lipinski definition) is 2. The minimum atomic E-state index is -0.0830. The highest BCUT2D eigenvalue weighted by Gasteiger charge is 2.27. The van der Waals surface area contributed by atoms with Crippen LogP contribution < -0.4 is 10.6 Å². The zero-order valence-electron chi connectivity index (χ0n) is 15.5. The van der Waals surface area contributed by atoms with Gasteiger partial charge in [-0.1, -0.05) is 18.2 Å². The Morgan fingerprint density at radius 1 is 1.11 bits per heavy atom. The Hall–Kier alpha value is -2.96. The van der Waals surface area contributed by atoms with Crippen LogP contribution in [-0.4, -0.2) is 52.9 Å². The van der Waals surface area contributed by atoms with Crippen LogP contribution in [0.4, 0.5) is 5.95 Å². The number of piperidine rings is 1. The summed E-state index contributed by atoms with van der Waals surface area (Å²) < 4.78 is 0. The Morgan fingerprint density at radius 3 is 2.56 bits per heavy atom. The van der Waals surface area contributed by atoms with E-state index in [1.54, 1.807) is 31.6 Å². The molecule has 0 spiro atoms. The number of amides is 2. The fourth-order valence-corrected chi connectivity index (χ4v) is 3.35. The van der Waals surface area contributed by atoms with Crippen molar-refractivity contribution in [3.05, 3.63) is 53.9 Å². The highest BCUT2D eigenvalue weighted by atomic mass is 16.2. The standard InChI is InChI=1S/C20H25N5O2/c1-21-20-23-13-16(14-24-20)19(27)25-12-6-5-9-17(25)10-11-22-18(26)15-7-3-2-4-8-15/h2-4,7-8,13-14,17H,5-6,9-12H2,1H3,(H,22,26)(H,21,23,24)/t17-/m0/s1. The first-order chi connectivity index (χ1) is 13.2. The van der Waals surface area contributed by atoms with Gasteiger partial charge in [-0.25, -0.2) is 9.97 Å². The van der Waals surface area contributed by atoms with E-state index in [0.717, 1.165) is 32.2 Å². The summed E-state index contributed by atoms with van der Waals surface area (Å²) in [5.74, 6) is 0.363. The van der Waals surface area contributed by atoms with Crippen molar-refractivity contribution in [1.82, 2.24) is 20.2 Å². The largest absolute Gasteiger partial charge is 0.357 e. The predicted molar refractivity (Wildman–Crippen MR) is 104 cm³/mol. The second-order valence-electron chi connectivity index (χ2n) is 6.60. The lowest BCUT2D eigenvalue weighted by molar-refractivity contribution is 0.0600. The SMILES string of the molecule is CNc1ncc(C(=O)N2CCCC[C@H]2CCNC(=O)c2ccccc2)cn1. The normalized spacial score (nSPS) is 16.6. The summed E-state index contributed by atoms with van der Waals surface area (Å²) in [6, 6.07) is 9.28. The van der Waals surface area contributed by atoms with Crippen molar-refractivity contribution >= 4 is 17.8 Å². The van der Waals surface area contributed by atoms with E-state index >= 15 is 0 Å². The summed E-state index contributed by atoms with van der Waals surface area (Å²) in [6.07, 6.45) is 6.89. The van der Waals surface area contributed by atoms with E-state index in [4.69, 9.17) is 0 Å². The number of carbonyl (C=O) groups is 2. The third-order valence-corrected chi connectivity index (χ3v) is 4.81. The van der Waals surface area contributed by atoms with Crippen LogP contribution >= 0.6 is 0 Å². The van der Waals surface area contributed by atoms with Gasteiger partial charge in [0.1, 0.15) is 0 Å². The Bertz CT molecular complexity index is 764. The van der Waals surface area contributed by atoms with E-state index < -0.39 is 0 Å². The number of hydrogen-bond acceptors (Lipinski definition) is 5. The summed E-state index contributed by atoms with van der Waals surface area (Å²) in [5.41, 5.74) is 1.14. The minimum absolute atomic E-state index is 0.0447. The average molecular weight is 367 g/mol. The van der Waals surface area contributed by atoms with Crippen molar-refractivity contribution in [1.29, 1.82) is 0 Å². The van der Waals surface area contributed by atoms with Crippen molar-refractivity contribution in [2.45, 2.75) is 31.7 Å². The van der Waals surface area contributed by atoms with Gasteiger partial charge < -0.3 is 15.5 Å². The molecule has 1 aliphatic rings. The Balaban J connectivity index is 1.58. The van der Waals surface area contributed by atoms with Crippen LogP contribution in [0.3, 0.4) is 0 Å². The van der Waals surface area contributed by atoms with Gasteiger partial charge in [0.2, 0.25) is 5.95 Å². The van der Waals surface area contributed by atoms with E-state index in [2.05, 4.69) is 20.6 Å². The minimum Gasteiger partial charge on any atom is -0.357 e. The Labute approximate surface area is 159 Å². The van der Waals surface area contributed by atoms with Crippen LogP contribution in [-0.2, 0) is 0 Å². The number of carbonyl (C=O) groups excluding carboxylic acids is 2. The first-order valence-electron chi connectivity index (χ1n) is 9.33. The van der Waals surface area contributed by atoms with Crippen molar-refractivity contribution in [2.75, 3.05) is 25.5 Å². The molecular weight excluding hydrogens is 342 g/mol. The van der Waals surface area contributed by atoms with E-state index in [-0.39, 0.29) is 17.9 Å². The van der Waals surface area contributed by atoms with Crippen molar-refractivity contribution in [3.8, 4) is 0 Å². The van der Waals surface area contributed by atoms with Crippen molar-refractivity contribution < 1.29 is 9.59 Å². The molecule has 1 aromatic carbocycles. The van der Waals surface area contributed by atoms with Gasteiger partial charge in [0, 0.05) is 44.1 Å². The van der Waals surface area contributed by atoms with Gasteiger partial charge in [-0.05, 0) is 37.8 Å². The van der Waals surface area contributed by atoms with Gasteiger partial charge in [-0.2, -0.15) is 0 Å². The molecule has 2 aromatic rings. The molecule has 7 heteroatoms. The van der Waals surface area contributed by atoms with Gasteiger partial charge in [0.15, 0.2) is 0 Å². The molecule has 142 valence electrons. The number of nitrogens with one attached hydrogen (secondary N) is 2. The van der Waals surface area contributed by atoms with Gasteiger partial charge in [-0.3, -0.25) is 9.59 Å². The molecule has 1 fully saturated rings. The summed E-state index contributed by atoms with van der Waals surface area (Å²) in [5, 5.41) is 5.80. The Morgan fingerprint density at radius 2 is 1.85 bits per heavy atom. The lowest BCUT2D eigenvalue weighted by Crippen LogP contribution is -2.45. The number of rotatable bonds is 6. The number of nitrogens with zero attached hydrogens (tertiary/aromatic N) is 3. The van der Waals surface area contributed by atoms with Gasteiger partial charge in [0.05, 0.1) is 5.56 Å². The molecule has 2 heterocycles. The lowest BCUT2D eigenvalue weighted by Gasteiger charge is -2.36. The summed E-state index contributed by atoms with van der Waals surface area (Å²) in [4.78, 5) is 35.2. The maximum absolute atomic E-state index is 12.9. The lowest BCUT2D eigenvalue weighted by atomic mass is 9.98. The highest BCUT2D eigenvalue weighted by molar-refractivity contribution is 5.94. The number of benzene rings is 1. The summed E-state index contributed by atoms with van der Waals surface area (Å²) in [7, 11) is 1.74. The van der Waals surface area contributed by atoms with Gasteiger partial charge in [-0.15, -0.1) is 0 Å². The molecule has 3 rings (SSSR count). The van der Waals surface area contributed by atoms with Gasteiger partial charge in [0.25, 0.3) is 11.8 Å². The highest BCUT2D eigenvalue weighted by Crippen LogP contribution is 2.21. The molecule has 1 aromatic heterocycles. The van der Waals surface area contributed by atoms with E-state index in [1.807, 2.05) is 23.1 Å². The number of likely N-dealkylation sites (tertiary alicyclic amines) is 1. The molecule has 1 aliphatic heterocycles. The van der Waals surface area contributed by atoms with Crippen LogP contribution in [0.1, 0.15) is 46.4 Å². The van der Waals surface area contributed by atoms with Crippen LogP contribution in [0.5, 0.6) is 0 Å². The third kappa shape index (κ3) is 4.81. The second kappa shape index (κ2) is 9.12. The molecule has 1 saturated heterocycles. The topological polar surface area (TPSA) is 87.2 Å². The first-order valence-corrected chi connectivity index (χ1v) is 9.33. The summed E-state index contributed by atoms with van der Waals surface area (Å²) in [6.45, 7) is 1.27. The molecule has 0 unspecified atom stereocenters. The van der Waals surface area contributed by atoms with Crippen LogP contribution in [0.25, 0.3) is 0 Å². The Kier molecular flexibility index (Phi) is 6.35.